The molecule has 0 saturated heterocycles. The number of ether oxygens (including phenoxy) is 1. The fraction of sp³-hybridized carbons (Fsp3) is 0.308. The molecule has 2 aromatic carbocycles. The van der Waals surface area contributed by atoms with Crippen molar-refractivity contribution in [1.29, 1.82) is 0 Å². The van der Waals surface area contributed by atoms with E-state index in [1.165, 1.54) is 0 Å². The highest BCUT2D eigenvalue weighted by Crippen LogP contribution is 2.39. The third-order valence-electron chi connectivity index (χ3n) is 6.36. The van der Waals surface area contributed by atoms with Crippen LogP contribution in [0.5, 0.6) is 5.75 Å². The van der Waals surface area contributed by atoms with Gasteiger partial charge in [0.15, 0.2) is 5.15 Å². The molecule has 0 spiro atoms. The van der Waals surface area contributed by atoms with Gasteiger partial charge in [0.2, 0.25) is 0 Å². The lowest BCUT2D eigenvalue weighted by Crippen LogP contribution is -2.17. The Balaban J connectivity index is 1.48. The summed E-state index contributed by atoms with van der Waals surface area (Å²) in [5.41, 5.74) is 3.73. The Kier molecular flexibility index (Phi) is 6.10. The van der Waals surface area contributed by atoms with Gasteiger partial charge in [-0.2, -0.15) is 0 Å². The first-order valence-electron chi connectivity index (χ1n) is 11.1. The summed E-state index contributed by atoms with van der Waals surface area (Å²) in [6.45, 7) is 0.779. The first-order valence-corrected chi connectivity index (χ1v) is 11.5. The van der Waals surface area contributed by atoms with Crippen molar-refractivity contribution < 1.29 is 9.84 Å². The van der Waals surface area contributed by atoms with Gasteiger partial charge in [0.05, 0.1) is 5.69 Å². The van der Waals surface area contributed by atoms with E-state index >= 15 is 0 Å². The molecular weight excluding hydrogens is 422 g/mol. The van der Waals surface area contributed by atoms with Crippen LogP contribution in [0.2, 0.25) is 5.15 Å². The number of nitrogens with zero attached hydrogens (tertiary/aromatic N) is 3. The summed E-state index contributed by atoms with van der Waals surface area (Å²) in [4.78, 5) is 9.39. The Morgan fingerprint density at radius 2 is 1.84 bits per heavy atom. The zero-order valence-corrected chi connectivity index (χ0v) is 18.6. The monoisotopic (exact) mass is 447 g/mol. The van der Waals surface area contributed by atoms with Crippen molar-refractivity contribution in [2.24, 2.45) is 5.92 Å². The van der Waals surface area contributed by atoms with Crippen LogP contribution >= 0.6 is 11.6 Å². The fourth-order valence-electron chi connectivity index (χ4n) is 4.59. The number of aliphatic hydroxyl groups is 1. The van der Waals surface area contributed by atoms with Crippen molar-refractivity contribution in [2.45, 2.75) is 38.2 Å². The summed E-state index contributed by atoms with van der Waals surface area (Å²) in [6.07, 6.45) is 7.75. The number of hydrogen-bond acceptors (Lipinski definition) is 4. The van der Waals surface area contributed by atoms with Gasteiger partial charge in [-0.3, -0.25) is 4.40 Å². The lowest BCUT2D eigenvalue weighted by molar-refractivity contribution is 0.181. The average Bonchev–Trinajstić information content (AvgIpc) is 3.25. The molecule has 4 aromatic rings. The van der Waals surface area contributed by atoms with Gasteiger partial charge in [0.1, 0.15) is 23.7 Å². The maximum Gasteiger partial charge on any atom is 0.155 e. The molecule has 164 valence electrons. The number of aliphatic hydroxyl groups excluding tert-OH is 1. The van der Waals surface area contributed by atoms with E-state index in [1.807, 2.05) is 48.7 Å². The summed E-state index contributed by atoms with van der Waals surface area (Å²) < 4.78 is 8.13. The third-order valence-corrected chi connectivity index (χ3v) is 6.64. The molecule has 0 unspecified atom stereocenters. The molecule has 2 aromatic heterocycles. The number of imidazole rings is 1. The summed E-state index contributed by atoms with van der Waals surface area (Å²) in [6, 6.07) is 18.1. The number of halogens is 1. The minimum absolute atomic E-state index is 0.270. The fourth-order valence-corrected chi connectivity index (χ4v) is 4.83. The van der Waals surface area contributed by atoms with Crippen molar-refractivity contribution in [3.8, 4) is 17.0 Å². The number of fused-ring (bicyclic) bond motifs is 1. The maximum atomic E-state index is 9.49. The van der Waals surface area contributed by atoms with Crippen molar-refractivity contribution in [3.05, 3.63) is 83.5 Å². The first-order chi connectivity index (χ1) is 15.7. The van der Waals surface area contributed by atoms with Gasteiger partial charge in [0, 0.05) is 30.5 Å². The molecule has 1 fully saturated rings. The molecule has 1 aliphatic rings. The van der Waals surface area contributed by atoms with Crippen LogP contribution in [0.4, 0.5) is 0 Å². The topological polar surface area (TPSA) is 59.7 Å². The number of rotatable bonds is 6. The SMILES string of the molecule is OCC1CCC(c2nc(-c3cccc(OCc4ccccc4)c3)c3c(Cl)nccn23)CC1. The standard InChI is InChI=1S/C26H26ClN3O2/c27-25-24-23(21-7-4-8-22(15-21)32-17-19-5-2-1-3-6-19)29-26(30(24)14-13-28-25)20-11-9-18(16-31)10-12-20/h1-8,13-15,18,20,31H,9-12,16-17H2. The summed E-state index contributed by atoms with van der Waals surface area (Å²) in [5, 5.41) is 9.94. The quantitative estimate of drug-likeness (QED) is 0.400. The average molecular weight is 448 g/mol. The molecule has 6 heteroatoms. The van der Waals surface area contributed by atoms with Crippen LogP contribution in [-0.2, 0) is 6.61 Å². The van der Waals surface area contributed by atoms with E-state index in [0.717, 1.165) is 59.6 Å². The Morgan fingerprint density at radius 1 is 1.03 bits per heavy atom. The van der Waals surface area contributed by atoms with Gasteiger partial charge in [0.25, 0.3) is 0 Å². The lowest BCUT2D eigenvalue weighted by Gasteiger charge is -2.26. The van der Waals surface area contributed by atoms with Crippen LogP contribution in [0.25, 0.3) is 16.8 Å². The lowest BCUT2D eigenvalue weighted by atomic mass is 9.82. The number of hydrogen-bond donors (Lipinski definition) is 1. The van der Waals surface area contributed by atoms with Crippen molar-refractivity contribution in [1.82, 2.24) is 14.4 Å². The third kappa shape index (κ3) is 4.23. The molecule has 0 aliphatic heterocycles. The smallest absolute Gasteiger partial charge is 0.155 e. The minimum atomic E-state index is 0.270. The van der Waals surface area contributed by atoms with E-state index in [-0.39, 0.29) is 6.61 Å². The van der Waals surface area contributed by atoms with Crippen LogP contribution in [0.3, 0.4) is 0 Å². The highest BCUT2D eigenvalue weighted by Gasteiger charge is 2.27. The summed E-state index contributed by atoms with van der Waals surface area (Å²) >= 11 is 6.55. The van der Waals surface area contributed by atoms with Gasteiger partial charge in [-0.05, 0) is 49.3 Å². The zero-order valence-electron chi connectivity index (χ0n) is 17.8. The van der Waals surface area contributed by atoms with Crippen LogP contribution in [-0.4, -0.2) is 26.1 Å². The molecule has 32 heavy (non-hydrogen) atoms. The van der Waals surface area contributed by atoms with Crippen LogP contribution in [0.15, 0.2) is 67.0 Å². The van der Waals surface area contributed by atoms with Gasteiger partial charge in [-0.1, -0.05) is 54.1 Å². The maximum absolute atomic E-state index is 9.49. The van der Waals surface area contributed by atoms with E-state index in [2.05, 4.69) is 21.5 Å². The van der Waals surface area contributed by atoms with Crippen LogP contribution in [0.1, 0.15) is 43.0 Å². The second-order valence-corrected chi connectivity index (χ2v) is 8.82. The molecule has 0 radical (unpaired) electrons. The highest BCUT2D eigenvalue weighted by molar-refractivity contribution is 6.33. The molecule has 2 heterocycles. The van der Waals surface area contributed by atoms with Gasteiger partial charge >= 0.3 is 0 Å². The predicted molar refractivity (Wildman–Crippen MR) is 126 cm³/mol. The Bertz CT molecular complexity index is 1200. The molecule has 1 aliphatic carbocycles. The normalized spacial score (nSPS) is 18.7. The summed E-state index contributed by atoms with van der Waals surface area (Å²) in [7, 11) is 0. The Labute approximate surface area is 192 Å². The minimum Gasteiger partial charge on any atom is -0.489 e. The van der Waals surface area contributed by atoms with Crippen molar-refractivity contribution in [2.75, 3.05) is 6.61 Å². The zero-order chi connectivity index (χ0) is 21.9. The predicted octanol–water partition coefficient (Wildman–Crippen LogP) is 5.89. The van der Waals surface area contributed by atoms with E-state index in [4.69, 9.17) is 21.3 Å². The van der Waals surface area contributed by atoms with E-state index in [1.54, 1.807) is 6.20 Å². The first kappa shape index (κ1) is 21.0. The second kappa shape index (κ2) is 9.31. The number of aromatic nitrogens is 3. The van der Waals surface area contributed by atoms with Gasteiger partial charge in [-0.15, -0.1) is 0 Å². The molecule has 0 atom stereocenters. The Hall–Kier alpha value is -2.89. The molecule has 1 saturated carbocycles. The molecule has 5 rings (SSSR count). The molecule has 1 N–H and O–H groups in total. The van der Waals surface area contributed by atoms with Crippen LogP contribution in [0, 0.1) is 5.92 Å². The van der Waals surface area contributed by atoms with E-state index in [9.17, 15) is 5.11 Å². The van der Waals surface area contributed by atoms with Crippen molar-refractivity contribution in [3.63, 3.8) is 0 Å². The van der Waals surface area contributed by atoms with Gasteiger partial charge in [-0.25, -0.2) is 9.97 Å². The second-order valence-electron chi connectivity index (χ2n) is 8.46. The van der Waals surface area contributed by atoms with E-state index < -0.39 is 0 Å². The van der Waals surface area contributed by atoms with E-state index in [0.29, 0.717) is 23.6 Å². The highest BCUT2D eigenvalue weighted by atomic mass is 35.5. The largest absolute Gasteiger partial charge is 0.489 e. The van der Waals surface area contributed by atoms with Crippen molar-refractivity contribution >= 4 is 17.1 Å². The van der Waals surface area contributed by atoms with Crippen LogP contribution < -0.4 is 4.74 Å². The number of benzene rings is 2. The molecule has 5 nitrogen and oxygen atoms in total. The molecule has 0 bridgehead atoms. The van der Waals surface area contributed by atoms with Gasteiger partial charge < -0.3 is 9.84 Å². The molecular formula is C26H26ClN3O2. The molecule has 0 amide bonds. The summed E-state index contributed by atoms with van der Waals surface area (Å²) in [5.74, 6) is 2.56. The Morgan fingerprint density at radius 3 is 2.62 bits per heavy atom.